The second kappa shape index (κ2) is 6.41. The predicted octanol–water partition coefficient (Wildman–Crippen LogP) is 1.62. The number of nitrogens with one attached hydrogen (secondary N) is 2. The summed E-state index contributed by atoms with van der Waals surface area (Å²) < 4.78 is 5.67. The molecule has 0 aliphatic carbocycles. The van der Waals surface area contributed by atoms with Crippen LogP contribution in [0.15, 0.2) is 12.1 Å². The number of hydrogen-bond donors (Lipinski definition) is 3. The van der Waals surface area contributed by atoms with Gasteiger partial charge in [-0.1, -0.05) is 6.92 Å². The summed E-state index contributed by atoms with van der Waals surface area (Å²) in [5.74, 6) is 5.82. The van der Waals surface area contributed by atoms with Gasteiger partial charge < -0.3 is 15.5 Å². The lowest BCUT2D eigenvalue weighted by molar-refractivity contribution is -0.0615. The van der Waals surface area contributed by atoms with Gasteiger partial charge in [0.05, 0.1) is 5.60 Å². The molecule has 1 amide bonds. The van der Waals surface area contributed by atoms with Crippen LogP contribution >= 0.6 is 0 Å². The summed E-state index contributed by atoms with van der Waals surface area (Å²) in [5, 5.41) is 3.08. The highest BCUT2D eigenvalue weighted by Gasteiger charge is 2.29. The summed E-state index contributed by atoms with van der Waals surface area (Å²) >= 11 is 0. The number of hydrazine groups is 1. The molecule has 0 bridgehead atoms. The second-order valence-corrected chi connectivity index (χ2v) is 6.00. The molecule has 1 atom stereocenters. The normalized spacial score (nSPS) is 20.9. The van der Waals surface area contributed by atoms with Gasteiger partial charge in [0.2, 0.25) is 0 Å². The molecule has 2 heterocycles. The van der Waals surface area contributed by atoms with E-state index in [0.29, 0.717) is 18.0 Å². The number of carbonyl (C=O) groups is 1. The van der Waals surface area contributed by atoms with Gasteiger partial charge in [-0.05, 0) is 45.2 Å². The van der Waals surface area contributed by atoms with Gasteiger partial charge in [0.15, 0.2) is 0 Å². The molecule has 21 heavy (non-hydrogen) atoms. The summed E-state index contributed by atoms with van der Waals surface area (Å²) in [6.07, 6.45) is 2.40. The number of rotatable bonds is 4. The standard InChI is InChI=1S/C15H24N4O2/c1-4-11-7-10(8-13(17-11)19-16)14(20)18-12-5-6-21-15(2,3)9-12/h7-8,12H,4-6,9,16H2,1-3H3,(H,17,19)(H,18,20). The number of aromatic nitrogens is 1. The maximum atomic E-state index is 12.4. The van der Waals surface area contributed by atoms with E-state index in [2.05, 4.69) is 15.7 Å². The van der Waals surface area contributed by atoms with Crippen LogP contribution in [0.2, 0.25) is 0 Å². The monoisotopic (exact) mass is 292 g/mol. The first kappa shape index (κ1) is 15.7. The van der Waals surface area contributed by atoms with Crippen molar-refractivity contribution in [2.75, 3.05) is 12.0 Å². The number of nitrogens with two attached hydrogens (primary N) is 1. The Balaban J connectivity index is 2.09. The quantitative estimate of drug-likeness (QED) is 0.579. The van der Waals surface area contributed by atoms with Crippen molar-refractivity contribution in [3.05, 3.63) is 23.4 Å². The molecular formula is C15H24N4O2. The zero-order valence-corrected chi connectivity index (χ0v) is 12.9. The molecule has 0 aromatic carbocycles. The number of amides is 1. The van der Waals surface area contributed by atoms with Crippen molar-refractivity contribution in [3.8, 4) is 0 Å². The minimum absolute atomic E-state index is 0.0914. The van der Waals surface area contributed by atoms with Crippen LogP contribution < -0.4 is 16.6 Å². The van der Waals surface area contributed by atoms with Crippen LogP contribution in [0.5, 0.6) is 0 Å². The van der Waals surface area contributed by atoms with Crippen molar-refractivity contribution in [3.63, 3.8) is 0 Å². The van der Waals surface area contributed by atoms with E-state index in [1.807, 2.05) is 20.8 Å². The highest BCUT2D eigenvalue weighted by molar-refractivity contribution is 5.95. The molecule has 1 unspecified atom stereocenters. The Kier molecular flexibility index (Phi) is 4.80. The fraction of sp³-hybridized carbons (Fsp3) is 0.600. The van der Waals surface area contributed by atoms with Gasteiger partial charge in [-0.3, -0.25) is 4.79 Å². The highest BCUT2D eigenvalue weighted by Crippen LogP contribution is 2.24. The largest absolute Gasteiger partial charge is 0.375 e. The zero-order chi connectivity index (χ0) is 15.5. The number of ether oxygens (including phenoxy) is 1. The number of anilines is 1. The number of hydrogen-bond acceptors (Lipinski definition) is 5. The van der Waals surface area contributed by atoms with Crippen molar-refractivity contribution >= 4 is 11.7 Å². The Morgan fingerprint density at radius 1 is 1.52 bits per heavy atom. The summed E-state index contributed by atoms with van der Waals surface area (Å²) in [7, 11) is 0. The molecular weight excluding hydrogens is 268 g/mol. The Hall–Kier alpha value is -1.66. The molecule has 116 valence electrons. The first-order valence-electron chi connectivity index (χ1n) is 7.36. The number of carbonyl (C=O) groups excluding carboxylic acids is 1. The van der Waals surface area contributed by atoms with Gasteiger partial charge in [0.1, 0.15) is 5.82 Å². The molecule has 1 aliphatic rings. The molecule has 1 saturated heterocycles. The Labute approximate surface area is 125 Å². The van der Waals surface area contributed by atoms with E-state index in [1.165, 1.54) is 0 Å². The van der Waals surface area contributed by atoms with Crippen molar-refractivity contribution in [2.45, 2.75) is 51.7 Å². The zero-order valence-electron chi connectivity index (χ0n) is 12.9. The fourth-order valence-electron chi connectivity index (χ4n) is 2.60. The van der Waals surface area contributed by atoms with E-state index >= 15 is 0 Å². The molecule has 4 N–H and O–H groups in total. The van der Waals surface area contributed by atoms with E-state index in [1.54, 1.807) is 12.1 Å². The molecule has 0 radical (unpaired) electrons. The number of aryl methyl sites for hydroxylation is 1. The SMILES string of the molecule is CCc1cc(C(=O)NC2CCOC(C)(C)C2)cc(NN)n1. The first-order valence-corrected chi connectivity index (χ1v) is 7.36. The number of nitrogens with zero attached hydrogens (tertiary/aromatic N) is 1. The third-order valence-electron chi connectivity index (χ3n) is 3.68. The van der Waals surface area contributed by atoms with Gasteiger partial charge in [-0.25, -0.2) is 10.8 Å². The van der Waals surface area contributed by atoms with E-state index in [4.69, 9.17) is 10.6 Å². The second-order valence-electron chi connectivity index (χ2n) is 6.00. The summed E-state index contributed by atoms with van der Waals surface area (Å²) in [5.41, 5.74) is 3.73. The lowest BCUT2D eigenvalue weighted by atomic mass is 9.94. The van der Waals surface area contributed by atoms with Crippen molar-refractivity contribution in [1.82, 2.24) is 10.3 Å². The van der Waals surface area contributed by atoms with Gasteiger partial charge in [-0.15, -0.1) is 0 Å². The van der Waals surface area contributed by atoms with E-state index in [9.17, 15) is 4.79 Å². The van der Waals surface area contributed by atoms with Crippen LogP contribution in [0.4, 0.5) is 5.82 Å². The lowest BCUT2D eigenvalue weighted by Crippen LogP contribution is -2.45. The highest BCUT2D eigenvalue weighted by atomic mass is 16.5. The van der Waals surface area contributed by atoms with Gasteiger partial charge in [-0.2, -0.15) is 0 Å². The summed E-state index contributed by atoms with van der Waals surface area (Å²) in [6.45, 7) is 6.75. The average Bonchev–Trinajstić information content (AvgIpc) is 2.45. The van der Waals surface area contributed by atoms with Crippen LogP contribution in [0.3, 0.4) is 0 Å². The third-order valence-corrected chi connectivity index (χ3v) is 3.68. The summed E-state index contributed by atoms with van der Waals surface area (Å²) in [4.78, 5) is 16.7. The van der Waals surface area contributed by atoms with E-state index < -0.39 is 0 Å². The van der Waals surface area contributed by atoms with Crippen molar-refractivity contribution < 1.29 is 9.53 Å². The molecule has 0 spiro atoms. The lowest BCUT2D eigenvalue weighted by Gasteiger charge is -2.35. The molecule has 1 fully saturated rings. The molecule has 1 aromatic heterocycles. The number of pyridine rings is 1. The average molecular weight is 292 g/mol. The third kappa shape index (κ3) is 4.15. The van der Waals surface area contributed by atoms with Crippen LogP contribution in [0, 0.1) is 0 Å². The minimum atomic E-state index is -0.188. The van der Waals surface area contributed by atoms with Gasteiger partial charge in [0, 0.05) is 23.9 Å². The molecule has 2 rings (SSSR count). The molecule has 0 saturated carbocycles. The van der Waals surface area contributed by atoms with Crippen LogP contribution in [0.1, 0.15) is 49.7 Å². The van der Waals surface area contributed by atoms with Crippen molar-refractivity contribution in [1.29, 1.82) is 0 Å². The Bertz CT molecular complexity index is 494. The first-order chi connectivity index (χ1) is 9.93. The Morgan fingerprint density at radius 2 is 2.29 bits per heavy atom. The molecule has 1 aromatic rings. The van der Waals surface area contributed by atoms with Gasteiger partial charge in [0.25, 0.3) is 5.91 Å². The predicted molar refractivity (Wildman–Crippen MR) is 81.9 cm³/mol. The summed E-state index contributed by atoms with van der Waals surface area (Å²) in [6, 6.07) is 3.60. The van der Waals surface area contributed by atoms with E-state index in [-0.39, 0.29) is 17.6 Å². The maximum Gasteiger partial charge on any atom is 0.251 e. The molecule has 1 aliphatic heterocycles. The molecule has 6 heteroatoms. The van der Waals surface area contributed by atoms with Gasteiger partial charge >= 0.3 is 0 Å². The smallest absolute Gasteiger partial charge is 0.251 e. The van der Waals surface area contributed by atoms with Crippen LogP contribution in [-0.4, -0.2) is 29.1 Å². The minimum Gasteiger partial charge on any atom is -0.375 e. The van der Waals surface area contributed by atoms with E-state index in [0.717, 1.165) is 25.0 Å². The number of nitrogen functional groups attached to an aromatic ring is 1. The maximum absolute atomic E-state index is 12.4. The van der Waals surface area contributed by atoms with Crippen LogP contribution in [0.25, 0.3) is 0 Å². The topological polar surface area (TPSA) is 89.3 Å². The van der Waals surface area contributed by atoms with Crippen molar-refractivity contribution in [2.24, 2.45) is 5.84 Å². The molecule has 6 nitrogen and oxygen atoms in total. The Morgan fingerprint density at radius 3 is 2.90 bits per heavy atom. The van der Waals surface area contributed by atoms with Crippen LogP contribution in [-0.2, 0) is 11.2 Å². The fourth-order valence-corrected chi connectivity index (χ4v) is 2.60.